The zero-order chi connectivity index (χ0) is 12.1. The highest BCUT2D eigenvalue weighted by Crippen LogP contribution is 2.25. The number of aliphatic imine (C=N–C) groups is 1. The van der Waals surface area contributed by atoms with Gasteiger partial charge in [0.05, 0.1) is 0 Å². The Morgan fingerprint density at radius 3 is 2.47 bits per heavy atom. The van der Waals surface area contributed by atoms with Crippen LogP contribution >= 0.6 is 11.8 Å². The van der Waals surface area contributed by atoms with E-state index >= 15 is 0 Å². The molecule has 1 aromatic carbocycles. The predicted octanol–water partition coefficient (Wildman–Crippen LogP) is 3.72. The molecule has 0 bridgehead atoms. The van der Waals surface area contributed by atoms with Crippen LogP contribution < -0.4 is 5.32 Å². The summed E-state index contributed by atoms with van der Waals surface area (Å²) in [5, 5.41) is 4.62. The van der Waals surface area contributed by atoms with Gasteiger partial charge in [-0.05, 0) is 30.4 Å². The first kappa shape index (κ1) is 12.5. The van der Waals surface area contributed by atoms with Crippen molar-refractivity contribution in [1.29, 1.82) is 0 Å². The Bertz CT molecular complexity index is 390. The molecule has 0 atom stereocenters. The van der Waals surface area contributed by atoms with Crippen molar-refractivity contribution in [3.63, 3.8) is 0 Å². The number of hydrogen-bond donors (Lipinski definition) is 1. The fourth-order valence-electron chi connectivity index (χ4n) is 2.05. The largest absolute Gasteiger partial charge is 0.335 e. The van der Waals surface area contributed by atoms with Gasteiger partial charge in [-0.2, -0.15) is 0 Å². The maximum absolute atomic E-state index is 4.54. The molecular formula is C14H20N2S. The summed E-state index contributed by atoms with van der Waals surface area (Å²) >= 11 is 1.84. The second kappa shape index (κ2) is 6.10. The van der Waals surface area contributed by atoms with Gasteiger partial charge in [0.25, 0.3) is 0 Å². The van der Waals surface area contributed by atoms with E-state index in [1.807, 2.05) is 11.8 Å². The van der Waals surface area contributed by atoms with Gasteiger partial charge in [-0.25, -0.2) is 0 Å². The minimum atomic E-state index is 0.963. The average molecular weight is 248 g/mol. The highest BCUT2D eigenvalue weighted by Gasteiger charge is 2.10. The van der Waals surface area contributed by atoms with Crippen molar-refractivity contribution >= 4 is 22.6 Å². The molecule has 2 nitrogen and oxygen atoms in total. The average Bonchev–Trinajstić information content (AvgIpc) is 2.40. The SMILES string of the molecule is CCc1cccc(CC)c1NC1=NCCCS1. The van der Waals surface area contributed by atoms with E-state index in [1.54, 1.807) is 0 Å². The van der Waals surface area contributed by atoms with Crippen molar-refractivity contribution in [2.75, 3.05) is 17.6 Å². The van der Waals surface area contributed by atoms with Gasteiger partial charge in [-0.15, -0.1) is 0 Å². The van der Waals surface area contributed by atoms with Crippen LogP contribution in [0, 0.1) is 0 Å². The maximum Gasteiger partial charge on any atom is 0.161 e. The van der Waals surface area contributed by atoms with E-state index in [-0.39, 0.29) is 0 Å². The Morgan fingerprint density at radius 2 is 1.94 bits per heavy atom. The molecule has 0 unspecified atom stereocenters. The molecule has 2 rings (SSSR count). The summed E-state index contributed by atoms with van der Waals surface area (Å²) in [6, 6.07) is 6.56. The Balaban J connectivity index is 2.26. The summed E-state index contributed by atoms with van der Waals surface area (Å²) < 4.78 is 0. The molecule has 0 spiro atoms. The first-order chi connectivity index (χ1) is 8.35. The van der Waals surface area contributed by atoms with Crippen LogP contribution in [0.1, 0.15) is 31.4 Å². The van der Waals surface area contributed by atoms with Crippen LogP contribution in [-0.2, 0) is 12.8 Å². The lowest BCUT2D eigenvalue weighted by Gasteiger charge is -2.18. The molecule has 0 aliphatic carbocycles. The Morgan fingerprint density at radius 1 is 1.24 bits per heavy atom. The van der Waals surface area contributed by atoms with E-state index < -0.39 is 0 Å². The number of rotatable bonds is 3. The summed E-state index contributed by atoms with van der Waals surface area (Å²) in [4.78, 5) is 4.54. The summed E-state index contributed by atoms with van der Waals surface area (Å²) in [6.45, 7) is 5.37. The van der Waals surface area contributed by atoms with Crippen molar-refractivity contribution < 1.29 is 0 Å². The molecule has 1 N–H and O–H groups in total. The molecule has 3 heteroatoms. The number of thioether (sulfide) groups is 1. The molecule has 1 aliphatic rings. The standard InChI is InChI=1S/C14H20N2S/c1-3-11-7-5-8-12(4-2)13(11)16-14-15-9-6-10-17-14/h5,7-8H,3-4,6,9-10H2,1-2H3,(H,15,16). The highest BCUT2D eigenvalue weighted by atomic mass is 32.2. The van der Waals surface area contributed by atoms with E-state index in [0.717, 1.165) is 24.6 Å². The smallest absolute Gasteiger partial charge is 0.161 e. The molecule has 0 fully saturated rings. The van der Waals surface area contributed by atoms with Crippen LogP contribution in [0.5, 0.6) is 0 Å². The van der Waals surface area contributed by atoms with Gasteiger partial charge in [-0.1, -0.05) is 43.8 Å². The molecular weight excluding hydrogens is 228 g/mol. The quantitative estimate of drug-likeness (QED) is 0.881. The van der Waals surface area contributed by atoms with Gasteiger partial charge >= 0.3 is 0 Å². The lowest BCUT2D eigenvalue weighted by Crippen LogP contribution is -2.15. The number of anilines is 1. The van der Waals surface area contributed by atoms with Crippen molar-refractivity contribution in [3.8, 4) is 0 Å². The van der Waals surface area contributed by atoms with Gasteiger partial charge in [0.2, 0.25) is 0 Å². The zero-order valence-corrected chi connectivity index (χ0v) is 11.4. The van der Waals surface area contributed by atoms with Crippen LogP contribution in [0.3, 0.4) is 0 Å². The number of nitrogens with zero attached hydrogens (tertiary/aromatic N) is 1. The lowest BCUT2D eigenvalue weighted by atomic mass is 10.0. The number of aryl methyl sites for hydroxylation is 2. The number of benzene rings is 1. The van der Waals surface area contributed by atoms with Crippen LogP contribution in [0.2, 0.25) is 0 Å². The molecule has 0 aromatic heterocycles. The van der Waals surface area contributed by atoms with E-state index in [0.29, 0.717) is 0 Å². The Kier molecular flexibility index (Phi) is 4.49. The molecule has 0 amide bonds. The van der Waals surface area contributed by atoms with Crippen LogP contribution in [-0.4, -0.2) is 17.5 Å². The topological polar surface area (TPSA) is 24.4 Å². The second-order valence-electron chi connectivity index (χ2n) is 4.17. The van der Waals surface area contributed by atoms with Crippen LogP contribution in [0.15, 0.2) is 23.2 Å². The van der Waals surface area contributed by atoms with Gasteiger partial charge in [0.1, 0.15) is 0 Å². The molecule has 1 aliphatic heterocycles. The number of nitrogens with one attached hydrogen (secondary N) is 1. The predicted molar refractivity (Wildman–Crippen MR) is 78.2 cm³/mol. The fourth-order valence-corrected chi connectivity index (χ4v) is 2.87. The zero-order valence-electron chi connectivity index (χ0n) is 10.6. The van der Waals surface area contributed by atoms with Crippen molar-refractivity contribution in [2.45, 2.75) is 33.1 Å². The van der Waals surface area contributed by atoms with E-state index in [9.17, 15) is 0 Å². The molecule has 0 saturated heterocycles. The Labute approximate surface area is 108 Å². The minimum absolute atomic E-state index is 0.963. The fraction of sp³-hybridized carbons (Fsp3) is 0.500. The normalized spacial score (nSPS) is 15.5. The molecule has 0 saturated carbocycles. The molecule has 0 radical (unpaired) electrons. The van der Waals surface area contributed by atoms with Crippen LogP contribution in [0.4, 0.5) is 5.69 Å². The molecule has 92 valence electrons. The van der Waals surface area contributed by atoms with Crippen molar-refractivity contribution in [2.24, 2.45) is 4.99 Å². The molecule has 17 heavy (non-hydrogen) atoms. The minimum Gasteiger partial charge on any atom is -0.335 e. The van der Waals surface area contributed by atoms with Gasteiger partial charge in [-0.3, -0.25) is 4.99 Å². The number of hydrogen-bond acceptors (Lipinski definition) is 3. The third-order valence-electron chi connectivity index (χ3n) is 3.03. The van der Waals surface area contributed by atoms with Gasteiger partial charge in [0, 0.05) is 18.0 Å². The monoisotopic (exact) mass is 248 g/mol. The number of amidine groups is 1. The molecule has 1 aromatic rings. The van der Waals surface area contributed by atoms with E-state index in [2.05, 4.69) is 42.4 Å². The van der Waals surface area contributed by atoms with E-state index in [4.69, 9.17) is 0 Å². The van der Waals surface area contributed by atoms with E-state index in [1.165, 1.54) is 29.0 Å². The lowest BCUT2D eigenvalue weighted by molar-refractivity contribution is 0.938. The molecule has 1 heterocycles. The maximum atomic E-state index is 4.54. The van der Waals surface area contributed by atoms with Crippen LogP contribution in [0.25, 0.3) is 0 Å². The third-order valence-corrected chi connectivity index (χ3v) is 4.02. The summed E-state index contributed by atoms with van der Waals surface area (Å²) in [6.07, 6.45) is 3.33. The number of para-hydroxylation sites is 1. The third kappa shape index (κ3) is 3.03. The Hall–Kier alpha value is -0.960. The second-order valence-corrected chi connectivity index (χ2v) is 5.26. The summed E-state index contributed by atoms with van der Waals surface area (Å²) in [5.74, 6) is 1.18. The summed E-state index contributed by atoms with van der Waals surface area (Å²) in [5.41, 5.74) is 4.06. The summed E-state index contributed by atoms with van der Waals surface area (Å²) in [7, 11) is 0. The van der Waals surface area contributed by atoms with Gasteiger partial charge in [0.15, 0.2) is 5.17 Å². The van der Waals surface area contributed by atoms with Crippen molar-refractivity contribution in [3.05, 3.63) is 29.3 Å². The first-order valence-corrected chi connectivity index (χ1v) is 7.38. The van der Waals surface area contributed by atoms with Gasteiger partial charge < -0.3 is 5.32 Å². The van der Waals surface area contributed by atoms with Crippen molar-refractivity contribution in [1.82, 2.24) is 0 Å². The highest BCUT2D eigenvalue weighted by molar-refractivity contribution is 8.14. The first-order valence-electron chi connectivity index (χ1n) is 6.40.